The lowest BCUT2D eigenvalue weighted by Gasteiger charge is -2.35. The number of amides is 2. The Morgan fingerprint density at radius 2 is 1.71 bits per heavy atom. The van der Waals surface area contributed by atoms with Gasteiger partial charge in [0.15, 0.2) is 0 Å². The molecular formula is C15H18Cl2N2O2. The Hall–Kier alpha value is -1.26. The third-order valence-corrected chi connectivity index (χ3v) is 4.11. The van der Waals surface area contributed by atoms with Gasteiger partial charge in [0.25, 0.3) is 5.91 Å². The molecule has 0 N–H and O–H groups in total. The normalized spacial score (nSPS) is 15.2. The molecule has 1 aliphatic heterocycles. The number of piperazine rings is 1. The van der Waals surface area contributed by atoms with Crippen molar-refractivity contribution in [3.05, 3.63) is 33.8 Å². The van der Waals surface area contributed by atoms with Gasteiger partial charge in [-0.3, -0.25) is 9.59 Å². The molecule has 2 amide bonds. The average Bonchev–Trinajstić information content (AvgIpc) is 2.49. The number of halogens is 2. The maximum atomic E-state index is 12.5. The molecule has 0 atom stereocenters. The molecule has 4 nitrogen and oxygen atoms in total. The predicted molar refractivity (Wildman–Crippen MR) is 83.9 cm³/mol. The van der Waals surface area contributed by atoms with Crippen LogP contribution in [0.25, 0.3) is 0 Å². The van der Waals surface area contributed by atoms with Crippen LogP contribution >= 0.6 is 23.2 Å². The van der Waals surface area contributed by atoms with Crippen LogP contribution in [0.15, 0.2) is 18.2 Å². The van der Waals surface area contributed by atoms with Crippen molar-refractivity contribution in [3.8, 4) is 0 Å². The first-order valence-corrected chi connectivity index (χ1v) is 7.80. The lowest BCUT2D eigenvalue weighted by atomic mass is 10.1. The quantitative estimate of drug-likeness (QED) is 0.855. The molecule has 0 unspecified atom stereocenters. The highest BCUT2D eigenvalue weighted by molar-refractivity contribution is 6.35. The number of rotatable bonds is 3. The molecule has 114 valence electrons. The monoisotopic (exact) mass is 328 g/mol. The molecule has 1 fully saturated rings. The molecule has 0 bridgehead atoms. The van der Waals surface area contributed by atoms with Crippen LogP contribution in [0.4, 0.5) is 0 Å². The molecular weight excluding hydrogens is 311 g/mol. The summed E-state index contributed by atoms with van der Waals surface area (Å²) in [6.45, 7) is 4.18. The van der Waals surface area contributed by atoms with Crippen LogP contribution in [-0.2, 0) is 4.79 Å². The zero-order chi connectivity index (χ0) is 15.4. The molecule has 21 heavy (non-hydrogen) atoms. The molecule has 2 rings (SSSR count). The number of hydrogen-bond acceptors (Lipinski definition) is 2. The van der Waals surface area contributed by atoms with E-state index in [0.717, 1.165) is 6.42 Å². The predicted octanol–water partition coefficient (Wildman–Crippen LogP) is 3.08. The molecule has 6 heteroatoms. The standard InChI is InChI=1S/C15H18Cl2N2O2/c1-2-3-14(20)18-6-8-19(9-7-18)15(21)12-10-11(16)4-5-13(12)17/h4-5,10H,2-3,6-9H2,1H3. The lowest BCUT2D eigenvalue weighted by Crippen LogP contribution is -2.50. The van der Waals surface area contributed by atoms with E-state index in [0.29, 0.717) is 48.2 Å². The van der Waals surface area contributed by atoms with Gasteiger partial charge in [0.2, 0.25) is 5.91 Å². The summed E-state index contributed by atoms with van der Waals surface area (Å²) in [7, 11) is 0. The van der Waals surface area contributed by atoms with E-state index in [1.165, 1.54) is 0 Å². The van der Waals surface area contributed by atoms with Crippen LogP contribution in [0, 0.1) is 0 Å². The van der Waals surface area contributed by atoms with Crippen molar-refractivity contribution < 1.29 is 9.59 Å². The molecule has 0 saturated carbocycles. The summed E-state index contributed by atoms with van der Waals surface area (Å²) in [6, 6.07) is 4.86. The largest absolute Gasteiger partial charge is 0.339 e. The number of carbonyl (C=O) groups excluding carboxylic acids is 2. The molecule has 0 spiro atoms. The zero-order valence-corrected chi connectivity index (χ0v) is 13.5. The first-order valence-electron chi connectivity index (χ1n) is 7.05. The second kappa shape index (κ2) is 7.14. The molecule has 1 aromatic carbocycles. The summed E-state index contributed by atoms with van der Waals surface area (Å²) in [5, 5.41) is 0.883. The smallest absolute Gasteiger partial charge is 0.255 e. The molecule has 0 radical (unpaired) electrons. The van der Waals surface area contributed by atoms with Crippen LogP contribution in [0.2, 0.25) is 10.0 Å². The van der Waals surface area contributed by atoms with Gasteiger partial charge in [-0.05, 0) is 24.6 Å². The minimum Gasteiger partial charge on any atom is -0.339 e. The first-order chi connectivity index (χ1) is 10.0. The van der Waals surface area contributed by atoms with E-state index >= 15 is 0 Å². The zero-order valence-electron chi connectivity index (χ0n) is 11.9. The van der Waals surface area contributed by atoms with E-state index < -0.39 is 0 Å². The topological polar surface area (TPSA) is 40.6 Å². The fourth-order valence-corrected chi connectivity index (χ4v) is 2.73. The van der Waals surface area contributed by atoms with E-state index in [9.17, 15) is 9.59 Å². The lowest BCUT2D eigenvalue weighted by molar-refractivity contribution is -0.132. The maximum Gasteiger partial charge on any atom is 0.255 e. The highest BCUT2D eigenvalue weighted by atomic mass is 35.5. The maximum absolute atomic E-state index is 12.5. The number of benzene rings is 1. The van der Waals surface area contributed by atoms with Gasteiger partial charge in [0, 0.05) is 37.6 Å². The Kier molecular flexibility index (Phi) is 5.48. The van der Waals surface area contributed by atoms with Gasteiger partial charge < -0.3 is 9.80 Å². The van der Waals surface area contributed by atoms with Crippen LogP contribution in [0.1, 0.15) is 30.1 Å². The third-order valence-electron chi connectivity index (χ3n) is 3.54. The summed E-state index contributed by atoms with van der Waals surface area (Å²) in [4.78, 5) is 27.8. The molecule has 1 aliphatic rings. The van der Waals surface area contributed by atoms with Gasteiger partial charge in [-0.2, -0.15) is 0 Å². The Morgan fingerprint density at radius 3 is 2.33 bits per heavy atom. The van der Waals surface area contributed by atoms with Crippen LogP contribution in [0.3, 0.4) is 0 Å². The molecule has 1 heterocycles. The van der Waals surface area contributed by atoms with Gasteiger partial charge in [-0.1, -0.05) is 30.1 Å². The van der Waals surface area contributed by atoms with Crippen LogP contribution in [-0.4, -0.2) is 47.8 Å². The highest BCUT2D eigenvalue weighted by Gasteiger charge is 2.25. The van der Waals surface area contributed by atoms with Gasteiger partial charge in [-0.15, -0.1) is 0 Å². The molecule has 0 aromatic heterocycles. The van der Waals surface area contributed by atoms with Crippen molar-refractivity contribution in [1.82, 2.24) is 9.80 Å². The van der Waals surface area contributed by atoms with E-state index in [4.69, 9.17) is 23.2 Å². The van der Waals surface area contributed by atoms with E-state index in [-0.39, 0.29) is 11.8 Å². The second-order valence-corrected chi connectivity index (χ2v) is 5.89. The number of carbonyl (C=O) groups is 2. The van der Waals surface area contributed by atoms with Crippen molar-refractivity contribution in [1.29, 1.82) is 0 Å². The molecule has 1 aromatic rings. The minimum atomic E-state index is -0.134. The van der Waals surface area contributed by atoms with E-state index in [1.54, 1.807) is 23.1 Å². The van der Waals surface area contributed by atoms with Gasteiger partial charge >= 0.3 is 0 Å². The van der Waals surface area contributed by atoms with Crippen molar-refractivity contribution in [2.24, 2.45) is 0 Å². The summed E-state index contributed by atoms with van der Waals surface area (Å²) in [5.41, 5.74) is 0.414. The van der Waals surface area contributed by atoms with Crippen LogP contribution in [0.5, 0.6) is 0 Å². The van der Waals surface area contributed by atoms with Gasteiger partial charge in [0.05, 0.1) is 10.6 Å². The van der Waals surface area contributed by atoms with Crippen LogP contribution < -0.4 is 0 Å². The van der Waals surface area contributed by atoms with Crippen molar-refractivity contribution in [2.45, 2.75) is 19.8 Å². The third kappa shape index (κ3) is 3.89. The fourth-order valence-electron chi connectivity index (χ4n) is 2.36. The molecule has 1 saturated heterocycles. The Morgan fingerprint density at radius 1 is 1.10 bits per heavy atom. The Balaban J connectivity index is 2.00. The van der Waals surface area contributed by atoms with Crippen molar-refractivity contribution in [3.63, 3.8) is 0 Å². The fraction of sp³-hybridized carbons (Fsp3) is 0.467. The average molecular weight is 329 g/mol. The number of nitrogens with zero attached hydrogens (tertiary/aromatic N) is 2. The minimum absolute atomic E-state index is 0.134. The summed E-state index contributed by atoms with van der Waals surface area (Å²) in [5.74, 6) is 0.0236. The Labute approximate surface area is 134 Å². The first kappa shape index (κ1) is 16.1. The second-order valence-electron chi connectivity index (χ2n) is 5.05. The molecule has 0 aliphatic carbocycles. The number of hydrogen-bond donors (Lipinski definition) is 0. The van der Waals surface area contributed by atoms with Gasteiger partial charge in [0.1, 0.15) is 0 Å². The summed E-state index contributed by atoms with van der Waals surface area (Å²) in [6.07, 6.45) is 1.41. The van der Waals surface area contributed by atoms with E-state index in [1.807, 2.05) is 11.8 Å². The summed E-state index contributed by atoms with van der Waals surface area (Å²) >= 11 is 12.0. The van der Waals surface area contributed by atoms with Crippen molar-refractivity contribution in [2.75, 3.05) is 26.2 Å². The SMILES string of the molecule is CCCC(=O)N1CCN(C(=O)c2cc(Cl)ccc2Cl)CC1. The van der Waals surface area contributed by atoms with Gasteiger partial charge in [-0.25, -0.2) is 0 Å². The Bertz CT molecular complexity index is 540. The summed E-state index contributed by atoms with van der Waals surface area (Å²) < 4.78 is 0. The highest BCUT2D eigenvalue weighted by Crippen LogP contribution is 2.22. The van der Waals surface area contributed by atoms with E-state index in [2.05, 4.69) is 0 Å². The van der Waals surface area contributed by atoms with Crippen molar-refractivity contribution >= 4 is 35.0 Å².